The van der Waals surface area contributed by atoms with Crippen LogP contribution in [0.2, 0.25) is 0 Å². The number of benzene rings is 2. The molecule has 4 rings (SSSR count). The van der Waals surface area contributed by atoms with Gasteiger partial charge in [-0.15, -0.1) is 0 Å². The van der Waals surface area contributed by atoms with Crippen LogP contribution in [0.3, 0.4) is 0 Å². The van der Waals surface area contributed by atoms with E-state index in [-0.39, 0.29) is 0 Å². The van der Waals surface area contributed by atoms with E-state index in [1.807, 2.05) is 61.5 Å². The molecular weight excluding hydrogens is 432 g/mol. The molecule has 10 heteroatoms. The minimum atomic E-state index is -3.32. The van der Waals surface area contributed by atoms with Crippen molar-refractivity contribution >= 4 is 39.1 Å². The molecule has 3 N–H and O–H groups in total. The van der Waals surface area contributed by atoms with Gasteiger partial charge in [0.1, 0.15) is 5.82 Å². The average molecular weight is 453 g/mol. The fourth-order valence-corrected chi connectivity index (χ4v) is 4.15. The maximum absolute atomic E-state index is 11.4. The second-order valence-electron chi connectivity index (χ2n) is 6.85. The third-order valence-corrected chi connectivity index (χ3v) is 5.58. The molecule has 0 saturated carbocycles. The fraction of sp³-hybridized carbons (Fsp3) is 0.0952. The molecule has 0 aliphatic carbocycles. The highest BCUT2D eigenvalue weighted by molar-refractivity contribution is 7.99. The van der Waals surface area contributed by atoms with Crippen molar-refractivity contribution in [1.29, 1.82) is 0 Å². The van der Waals surface area contributed by atoms with Gasteiger partial charge in [0.25, 0.3) is 0 Å². The Morgan fingerprint density at radius 1 is 0.935 bits per heavy atom. The first-order valence-electron chi connectivity index (χ1n) is 9.33. The summed E-state index contributed by atoms with van der Waals surface area (Å²) < 4.78 is 25.2. The predicted molar refractivity (Wildman–Crippen MR) is 123 cm³/mol. The van der Waals surface area contributed by atoms with E-state index in [4.69, 9.17) is 4.98 Å². The number of aromatic amines is 1. The Balaban J connectivity index is 1.63. The van der Waals surface area contributed by atoms with Crippen LogP contribution < -0.4 is 10.0 Å². The van der Waals surface area contributed by atoms with Crippen LogP contribution in [0.15, 0.2) is 76.8 Å². The van der Waals surface area contributed by atoms with E-state index in [1.165, 1.54) is 11.8 Å². The Labute approximate surface area is 184 Å². The number of aryl methyl sites for hydroxylation is 1. The van der Waals surface area contributed by atoms with Crippen molar-refractivity contribution in [2.75, 3.05) is 16.3 Å². The second-order valence-corrected chi connectivity index (χ2v) is 9.64. The van der Waals surface area contributed by atoms with Crippen LogP contribution in [-0.4, -0.2) is 34.8 Å². The van der Waals surface area contributed by atoms with Crippen molar-refractivity contribution < 1.29 is 8.42 Å². The van der Waals surface area contributed by atoms with E-state index in [2.05, 4.69) is 25.2 Å². The lowest BCUT2D eigenvalue weighted by molar-refractivity contribution is 0.607. The third-order valence-electron chi connectivity index (χ3n) is 4.10. The molecule has 2 aromatic carbocycles. The number of nitrogens with zero attached hydrogens (tertiary/aromatic N) is 3. The molecule has 0 aliphatic rings. The first-order chi connectivity index (χ1) is 14.8. The number of aromatic nitrogens is 4. The number of nitrogens with one attached hydrogen (secondary N) is 3. The molecule has 2 heterocycles. The van der Waals surface area contributed by atoms with E-state index in [0.717, 1.165) is 28.1 Å². The van der Waals surface area contributed by atoms with Gasteiger partial charge in [-0.25, -0.2) is 18.4 Å². The standard InChI is InChI=1S/C21H20N6O2S2/c1-14-12-20(26-25-14)23-19-13-18(15-6-4-3-5-7-15)22-21(24-19)30-17-10-8-16(9-11-17)27-31(2,28)29/h3-13,27H,1-2H3,(H2,22,23,24,25,26). The monoisotopic (exact) mass is 452 g/mol. The van der Waals surface area contributed by atoms with Crippen molar-refractivity contribution in [2.45, 2.75) is 17.0 Å². The van der Waals surface area contributed by atoms with Crippen LogP contribution in [0, 0.1) is 6.92 Å². The molecule has 4 aromatic rings. The maximum Gasteiger partial charge on any atom is 0.229 e. The predicted octanol–water partition coefficient (Wildman–Crippen LogP) is 4.44. The van der Waals surface area contributed by atoms with Crippen molar-refractivity contribution in [2.24, 2.45) is 0 Å². The molecular formula is C21H20N6O2S2. The SMILES string of the molecule is Cc1cc(Nc2cc(-c3ccccc3)nc(Sc3ccc(NS(C)(=O)=O)cc3)n2)n[nH]1. The number of hydrogen-bond donors (Lipinski definition) is 3. The molecule has 2 aromatic heterocycles. The van der Waals surface area contributed by atoms with Gasteiger partial charge in [-0.2, -0.15) is 5.10 Å². The number of hydrogen-bond acceptors (Lipinski definition) is 7. The molecule has 0 aliphatic heterocycles. The second kappa shape index (κ2) is 8.78. The van der Waals surface area contributed by atoms with E-state index < -0.39 is 10.0 Å². The Hall–Kier alpha value is -3.37. The van der Waals surface area contributed by atoms with Crippen LogP contribution in [0.5, 0.6) is 0 Å². The van der Waals surface area contributed by atoms with Crippen LogP contribution in [-0.2, 0) is 10.0 Å². The zero-order chi connectivity index (χ0) is 21.8. The Bertz CT molecular complexity index is 1290. The zero-order valence-corrected chi connectivity index (χ0v) is 18.5. The zero-order valence-electron chi connectivity index (χ0n) is 16.8. The molecule has 0 saturated heterocycles. The van der Waals surface area contributed by atoms with Gasteiger partial charge in [-0.3, -0.25) is 9.82 Å². The summed E-state index contributed by atoms with van der Waals surface area (Å²) in [7, 11) is -3.32. The van der Waals surface area contributed by atoms with Crippen LogP contribution in [0.25, 0.3) is 11.3 Å². The quantitative estimate of drug-likeness (QED) is 0.355. The number of H-pyrrole nitrogens is 1. The van der Waals surface area contributed by atoms with Gasteiger partial charge >= 0.3 is 0 Å². The third kappa shape index (κ3) is 5.83. The Morgan fingerprint density at radius 3 is 2.32 bits per heavy atom. The van der Waals surface area contributed by atoms with Crippen molar-refractivity contribution in [3.05, 3.63) is 72.4 Å². The van der Waals surface area contributed by atoms with Gasteiger partial charge in [-0.1, -0.05) is 30.3 Å². The van der Waals surface area contributed by atoms with Crippen LogP contribution in [0.1, 0.15) is 5.69 Å². The summed E-state index contributed by atoms with van der Waals surface area (Å²) in [4.78, 5) is 10.2. The van der Waals surface area contributed by atoms with Crippen molar-refractivity contribution in [1.82, 2.24) is 20.2 Å². The molecule has 0 amide bonds. The molecule has 0 radical (unpaired) electrons. The fourth-order valence-electron chi connectivity index (χ4n) is 2.82. The molecule has 0 fully saturated rings. The highest BCUT2D eigenvalue weighted by atomic mass is 32.2. The van der Waals surface area contributed by atoms with Gasteiger partial charge in [0.2, 0.25) is 10.0 Å². The van der Waals surface area contributed by atoms with E-state index >= 15 is 0 Å². The van der Waals surface area contributed by atoms with Gasteiger partial charge in [0.05, 0.1) is 11.9 Å². The Morgan fingerprint density at radius 2 is 1.68 bits per heavy atom. The van der Waals surface area contributed by atoms with Gasteiger partial charge in [-0.05, 0) is 43.0 Å². The topological polar surface area (TPSA) is 113 Å². The van der Waals surface area contributed by atoms with Crippen LogP contribution >= 0.6 is 11.8 Å². The minimum Gasteiger partial charge on any atom is -0.323 e. The number of anilines is 3. The van der Waals surface area contributed by atoms with E-state index in [1.54, 1.807) is 12.1 Å². The maximum atomic E-state index is 11.4. The van der Waals surface area contributed by atoms with Crippen molar-refractivity contribution in [3.8, 4) is 11.3 Å². The highest BCUT2D eigenvalue weighted by Crippen LogP contribution is 2.30. The molecule has 0 spiro atoms. The molecule has 158 valence electrons. The van der Waals surface area contributed by atoms with Gasteiger partial charge < -0.3 is 5.32 Å². The smallest absolute Gasteiger partial charge is 0.229 e. The lowest BCUT2D eigenvalue weighted by atomic mass is 10.1. The molecule has 0 unspecified atom stereocenters. The Kier molecular flexibility index (Phi) is 5.92. The summed E-state index contributed by atoms with van der Waals surface area (Å²) in [6.07, 6.45) is 1.12. The summed E-state index contributed by atoms with van der Waals surface area (Å²) in [6.45, 7) is 1.93. The first-order valence-corrected chi connectivity index (χ1v) is 12.0. The number of sulfonamides is 1. The summed E-state index contributed by atoms with van der Waals surface area (Å²) in [5.41, 5.74) is 3.20. The minimum absolute atomic E-state index is 0.502. The summed E-state index contributed by atoms with van der Waals surface area (Å²) in [6, 6.07) is 20.7. The molecule has 31 heavy (non-hydrogen) atoms. The molecule has 8 nitrogen and oxygen atoms in total. The average Bonchev–Trinajstić information content (AvgIpc) is 3.13. The molecule has 0 atom stereocenters. The normalized spacial score (nSPS) is 11.3. The summed E-state index contributed by atoms with van der Waals surface area (Å²) in [5.74, 6) is 1.29. The largest absolute Gasteiger partial charge is 0.323 e. The summed E-state index contributed by atoms with van der Waals surface area (Å²) in [5, 5.41) is 10.9. The van der Waals surface area contributed by atoms with E-state index in [0.29, 0.717) is 22.5 Å². The lowest BCUT2D eigenvalue weighted by Crippen LogP contribution is -2.09. The first kappa shape index (κ1) is 20.9. The lowest BCUT2D eigenvalue weighted by Gasteiger charge is -2.09. The van der Waals surface area contributed by atoms with E-state index in [9.17, 15) is 8.42 Å². The highest BCUT2D eigenvalue weighted by Gasteiger charge is 2.10. The molecule has 0 bridgehead atoms. The van der Waals surface area contributed by atoms with Gasteiger partial charge in [0, 0.05) is 34.0 Å². The number of rotatable bonds is 7. The van der Waals surface area contributed by atoms with Crippen LogP contribution in [0.4, 0.5) is 17.3 Å². The van der Waals surface area contributed by atoms with Crippen molar-refractivity contribution in [3.63, 3.8) is 0 Å². The summed E-state index contributed by atoms with van der Waals surface area (Å²) >= 11 is 1.39. The van der Waals surface area contributed by atoms with Gasteiger partial charge in [0.15, 0.2) is 11.0 Å².